The molecule has 6 rings (SSSR count). The number of nitrogens with zero attached hydrogens (tertiary/aromatic N) is 3. The molecule has 0 saturated heterocycles. The molecule has 1 aliphatic rings. The van der Waals surface area contributed by atoms with Gasteiger partial charge in [0, 0.05) is 24.9 Å². The summed E-state index contributed by atoms with van der Waals surface area (Å²) in [5.74, 6) is 2.61. The molecule has 5 heteroatoms. The van der Waals surface area contributed by atoms with Crippen LogP contribution < -0.4 is 5.73 Å². The number of pyridine rings is 1. The van der Waals surface area contributed by atoms with Crippen molar-refractivity contribution < 1.29 is 4.74 Å². The van der Waals surface area contributed by atoms with Crippen LogP contribution in [-0.2, 0) is 30.5 Å². The quantitative estimate of drug-likeness (QED) is 0.208. The van der Waals surface area contributed by atoms with E-state index in [4.69, 9.17) is 20.4 Å². The van der Waals surface area contributed by atoms with Crippen LogP contribution in [0.25, 0.3) is 11.0 Å². The Morgan fingerprint density at radius 3 is 2.07 bits per heavy atom. The summed E-state index contributed by atoms with van der Waals surface area (Å²) in [6.07, 6.45) is 3.72. The first-order valence-electron chi connectivity index (χ1n) is 14.9. The monoisotopic (exact) mass is 544 g/mol. The number of benzene rings is 3. The van der Waals surface area contributed by atoms with Crippen LogP contribution in [0.1, 0.15) is 66.1 Å². The molecule has 0 bridgehead atoms. The van der Waals surface area contributed by atoms with Crippen LogP contribution in [0.5, 0.6) is 0 Å². The van der Waals surface area contributed by atoms with Gasteiger partial charge in [0.05, 0.1) is 5.52 Å². The molecular weight excluding hydrogens is 504 g/mol. The van der Waals surface area contributed by atoms with Gasteiger partial charge in [0.15, 0.2) is 5.82 Å². The maximum atomic E-state index is 6.70. The van der Waals surface area contributed by atoms with E-state index >= 15 is 0 Å². The van der Waals surface area contributed by atoms with Crippen LogP contribution >= 0.6 is 0 Å². The fraction of sp³-hybridized carbons (Fsp3) is 0.333. The summed E-state index contributed by atoms with van der Waals surface area (Å²) in [5.41, 5.74) is 14.9. The molecule has 0 fully saturated rings. The minimum Gasteiger partial charge on any atom is -0.382 e. The van der Waals surface area contributed by atoms with Gasteiger partial charge in [-0.25, -0.2) is 9.97 Å². The van der Waals surface area contributed by atoms with Gasteiger partial charge in [-0.1, -0.05) is 105 Å². The van der Waals surface area contributed by atoms with Gasteiger partial charge in [0.1, 0.15) is 17.4 Å². The highest BCUT2D eigenvalue weighted by molar-refractivity contribution is 5.90. The molecule has 3 unspecified atom stereocenters. The lowest BCUT2D eigenvalue weighted by molar-refractivity contribution is 0.125. The van der Waals surface area contributed by atoms with Crippen molar-refractivity contribution in [3.8, 4) is 0 Å². The molecule has 41 heavy (non-hydrogen) atoms. The first-order chi connectivity index (χ1) is 20.0. The number of aryl methyl sites for hydroxylation is 1. The maximum Gasteiger partial charge on any atom is 0.151 e. The molecule has 0 aliphatic heterocycles. The van der Waals surface area contributed by atoms with Crippen LogP contribution in [0.15, 0.2) is 91.0 Å². The summed E-state index contributed by atoms with van der Waals surface area (Å²) in [6.45, 7) is 5.35. The number of hydrogen-bond acceptors (Lipinski definition) is 4. The van der Waals surface area contributed by atoms with Gasteiger partial charge in [-0.15, -0.1) is 0 Å². The summed E-state index contributed by atoms with van der Waals surface area (Å²) >= 11 is 0. The highest BCUT2D eigenvalue weighted by atomic mass is 16.5. The average molecular weight is 545 g/mol. The molecule has 1 aliphatic carbocycles. The van der Waals surface area contributed by atoms with E-state index in [1.807, 2.05) is 6.07 Å². The van der Waals surface area contributed by atoms with E-state index in [0.29, 0.717) is 23.6 Å². The number of hydrogen-bond donors (Lipinski definition) is 1. The zero-order chi connectivity index (χ0) is 28.3. The summed E-state index contributed by atoms with van der Waals surface area (Å²) in [4.78, 5) is 10.2. The Morgan fingerprint density at radius 1 is 0.854 bits per heavy atom. The lowest BCUT2D eigenvalue weighted by atomic mass is 9.71. The molecule has 0 spiro atoms. The molecule has 0 radical (unpaired) electrons. The fourth-order valence-electron chi connectivity index (χ4n) is 6.72. The van der Waals surface area contributed by atoms with Gasteiger partial charge in [-0.3, -0.25) is 0 Å². The first-order valence-corrected chi connectivity index (χ1v) is 14.9. The normalized spacial score (nSPS) is 17.6. The Bertz CT molecular complexity index is 1600. The zero-order valence-electron chi connectivity index (χ0n) is 24.3. The Hall–Kier alpha value is -3.96. The molecule has 3 aromatic carbocycles. The van der Waals surface area contributed by atoms with Crippen LogP contribution in [0.3, 0.4) is 0 Å². The molecule has 3 atom stereocenters. The van der Waals surface area contributed by atoms with Crippen molar-refractivity contribution in [1.82, 2.24) is 14.5 Å². The number of anilines is 1. The molecule has 2 heterocycles. The number of ether oxygens (including phenoxy) is 1. The number of imidazole rings is 1. The zero-order valence-corrected chi connectivity index (χ0v) is 24.3. The molecule has 0 amide bonds. The maximum absolute atomic E-state index is 6.70. The second-order valence-corrected chi connectivity index (χ2v) is 11.8. The van der Waals surface area contributed by atoms with E-state index in [9.17, 15) is 0 Å². The number of methoxy groups -OCH3 is 1. The Kier molecular flexibility index (Phi) is 7.89. The van der Waals surface area contributed by atoms with Gasteiger partial charge < -0.3 is 15.0 Å². The van der Waals surface area contributed by atoms with Crippen molar-refractivity contribution in [3.05, 3.63) is 125 Å². The summed E-state index contributed by atoms with van der Waals surface area (Å²) < 4.78 is 8.54. The number of nitrogen functional groups attached to an aromatic ring is 1. The first kappa shape index (κ1) is 27.2. The largest absolute Gasteiger partial charge is 0.382 e. The van der Waals surface area contributed by atoms with Crippen LogP contribution in [0.4, 0.5) is 5.82 Å². The molecule has 210 valence electrons. The van der Waals surface area contributed by atoms with E-state index in [1.54, 1.807) is 7.11 Å². The minimum atomic E-state index is -0.298. The van der Waals surface area contributed by atoms with Crippen molar-refractivity contribution in [2.24, 2.45) is 11.8 Å². The average Bonchev–Trinajstić information content (AvgIpc) is 3.35. The standard InChI is InChI=1S/C36H40N4O/c1-24(2)23-40-33-31-29(22-26-15-9-5-10-16-26)28(21-25-13-7-4-8-14-25)19-20-30(31)38-35(37)32(33)39-36(40)34(41-3)27-17-11-6-12-18-27/h4-18,24,28-29,34H,19-23H2,1-3H3,(H2,37,38). The number of aromatic nitrogens is 3. The number of rotatable bonds is 9. The predicted octanol–water partition coefficient (Wildman–Crippen LogP) is 7.54. The smallest absolute Gasteiger partial charge is 0.151 e. The van der Waals surface area contributed by atoms with Crippen molar-refractivity contribution in [1.29, 1.82) is 0 Å². The molecule has 0 saturated carbocycles. The van der Waals surface area contributed by atoms with Crippen molar-refractivity contribution in [2.45, 2.75) is 58.1 Å². The van der Waals surface area contributed by atoms with E-state index in [-0.39, 0.29) is 6.10 Å². The van der Waals surface area contributed by atoms with Crippen molar-refractivity contribution >= 4 is 16.9 Å². The topological polar surface area (TPSA) is 66.0 Å². The highest BCUT2D eigenvalue weighted by Crippen LogP contribution is 2.45. The Morgan fingerprint density at radius 2 is 1.46 bits per heavy atom. The van der Waals surface area contributed by atoms with Crippen LogP contribution in [0.2, 0.25) is 0 Å². The van der Waals surface area contributed by atoms with E-state index in [2.05, 4.69) is 103 Å². The number of fused-ring (bicyclic) bond motifs is 3. The summed E-state index contributed by atoms with van der Waals surface area (Å²) in [6, 6.07) is 32.2. The third kappa shape index (κ3) is 5.51. The van der Waals surface area contributed by atoms with Crippen LogP contribution in [0, 0.1) is 11.8 Å². The van der Waals surface area contributed by atoms with E-state index in [0.717, 1.165) is 60.3 Å². The number of nitrogens with two attached hydrogens (primary N) is 1. The van der Waals surface area contributed by atoms with Crippen molar-refractivity contribution in [3.63, 3.8) is 0 Å². The minimum absolute atomic E-state index is 0.296. The fourth-order valence-corrected chi connectivity index (χ4v) is 6.72. The third-order valence-corrected chi connectivity index (χ3v) is 8.51. The van der Waals surface area contributed by atoms with Gasteiger partial charge in [-0.2, -0.15) is 0 Å². The lowest BCUT2D eigenvalue weighted by Gasteiger charge is -2.35. The van der Waals surface area contributed by atoms with Gasteiger partial charge in [-0.05, 0) is 60.1 Å². The predicted molar refractivity (Wildman–Crippen MR) is 167 cm³/mol. The van der Waals surface area contributed by atoms with Gasteiger partial charge >= 0.3 is 0 Å². The van der Waals surface area contributed by atoms with Crippen LogP contribution in [-0.4, -0.2) is 21.6 Å². The van der Waals surface area contributed by atoms with Crippen molar-refractivity contribution in [2.75, 3.05) is 12.8 Å². The molecular formula is C36H40N4O. The highest BCUT2D eigenvalue weighted by Gasteiger charge is 2.36. The molecule has 2 N–H and O–H groups in total. The second kappa shape index (κ2) is 11.9. The Labute approximate surface area is 243 Å². The summed E-state index contributed by atoms with van der Waals surface area (Å²) in [5, 5.41) is 0. The lowest BCUT2D eigenvalue weighted by Crippen LogP contribution is -2.27. The Balaban J connectivity index is 1.57. The van der Waals surface area contributed by atoms with E-state index < -0.39 is 0 Å². The summed E-state index contributed by atoms with van der Waals surface area (Å²) in [7, 11) is 1.77. The van der Waals surface area contributed by atoms with Gasteiger partial charge in [0.2, 0.25) is 0 Å². The second-order valence-electron chi connectivity index (χ2n) is 11.8. The van der Waals surface area contributed by atoms with E-state index in [1.165, 1.54) is 16.7 Å². The SMILES string of the molecule is COC(c1ccccc1)c1nc2c(N)nc3c(c2n1CC(C)C)C(Cc1ccccc1)C(Cc1ccccc1)CC3. The molecule has 5 nitrogen and oxygen atoms in total. The molecule has 5 aromatic rings. The van der Waals surface area contributed by atoms with Gasteiger partial charge in [0.25, 0.3) is 0 Å². The third-order valence-electron chi connectivity index (χ3n) is 8.51. The molecule has 2 aromatic heterocycles.